The van der Waals surface area contributed by atoms with Gasteiger partial charge in [-0.15, -0.1) is 0 Å². The summed E-state index contributed by atoms with van der Waals surface area (Å²) in [5.41, 5.74) is 3.48. The molecule has 0 saturated carbocycles. The first-order chi connectivity index (χ1) is 19.0. The quantitative estimate of drug-likeness (QED) is 0.261. The number of aliphatic carboxylic acids is 1. The minimum Gasteiger partial charge on any atom is -0.480 e. The Morgan fingerprint density at radius 3 is 2.38 bits per heavy atom. The molecule has 0 bridgehead atoms. The highest BCUT2D eigenvalue weighted by molar-refractivity contribution is 6.03. The Balaban J connectivity index is 1.56. The molecule has 0 saturated heterocycles. The Morgan fingerprint density at radius 1 is 1.00 bits per heavy atom. The molecule has 5 aromatic rings. The number of hydrogen-bond acceptors (Lipinski definition) is 5. The summed E-state index contributed by atoms with van der Waals surface area (Å²) in [6.45, 7) is 7.63. The smallest absolute Gasteiger partial charge is 0.326 e. The lowest BCUT2D eigenvalue weighted by Gasteiger charge is -2.22. The summed E-state index contributed by atoms with van der Waals surface area (Å²) in [7, 11) is 0. The molecule has 3 aromatic heterocycles. The molecule has 5 rings (SSSR count). The number of anilines is 1. The molecule has 0 fully saturated rings. The van der Waals surface area contributed by atoms with E-state index in [1.807, 2.05) is 79.8 Å². The molecule has 3 N–H and O–H groups in total. The molecule has 9 heteroatoms. The first-order valence-electron chi connectivity index (χ1n) is 13.0. The number of fused-ring (bicyclic) bond motifs is 2. The van der Waals surface area contributed by atoms with E-state index >= 15 is 0 Å². The Hall–Kier alpha value is -4.92. The molecule has 0 spiro atoms. The molecule has 1 amide bonds. The van der Waals surface area contributed by atoms with E-state index in [0.717, 1.165) is 22.0 Å². The normalized spacial score (nSPS) is 12.4. The number of amides is 1. The monoisotopic (exact) mass is 537 g/mol. The lowest BCUT2D eigenvalue weighted by atomic mass is 10.1. The fourth-order valence-electron chi connectivity index (χ4n) is 4.77. The van der Waals surface area contributed by atoms with Crippen LogP contribution in [0.3, 0.4) is 0 Å². The minimum atomic E-state index is -1.11. The number of carboxylic acid groups (broad SMARTS) is 1. The molecule has 1 unspecified atom stereocenters. The van der Waals surface area contributed by atoms with E-state index in [1.165, 1.54) is 6.92 Å². The Kier molecular flexibility index (Phi) is 6.89. The fourth-order valence-corrected chi connectivity index (χ4v) is 4.77. The molecule has 0 radical (unpaired) electrons. The number of aromatic nitrogens is 3. The van der Waals surface area contributed by atoms with Crippen LogP contribution in [0.4, 0.5) is 5.82 Å². The van der Waals surface area contributed by atoms with Crippen molar-refractivity contribution in [1.82, 2.24) is 19.3 Å². The largest absolute Gasteiger partial charge is 0.480 e. The van der Waals surface area contributed by atoms with Crippen molar-refractivity contribution < 1.29 is 19.5 Å². The van der Waals surface area contributed by atoms with Crippen LogP contribution in [-0.4, -0.2) is 48.4 Å². The van der Waals surface area contributed by atoms with Crippen molar-refractivity contribution in [2.45, 2.75) is 45.7 Å². The van der Waals surface area contributed by atoms with Gasteiger partial charge in [0.2, 0.25) is 5.91 Å². The average Bonchev–Trinajstić information content (AvgIpc) is 3.46. The van der Waals surface area contributed by atoms with Crippen LogP contribution in [0.5, 0.6) is 0 Å². The van der Waals surface area contributed by atoms with Gasteiger partial charge in [-0.1, -0.05) is 48.5 Å². The summed E-state index contributed by atoms with van der Waals surface area (Å²) < 4.78 is 3.46. The summed E-state index contributed by atoms with van der Waals surface area (Å²) in [6.07, 6.45) is 3.70. The molecule has 9 nitrogen and oxygen atoms in total. The molecule has 204 valence electrons. The van der Waals surface area contributed by atoms with Gasteiger partial charge in [-0.3, -0.25) is 18.6 Å². The van der Waals surface area contributed by atoms with Crippen molar-refractivity contribution >= 4 is 40.2 Å². The molecular weight excluding hydrogens is 506 g/mol. The molecule has 0 aliphatic rings. The number of para-hydroxylation sites is 1. The number of carbonyl (C=O) groups excluding carboxylic acids is 2. The van der Waals surface area contributed by atoms with Gasteiger partial charge in [-0.05, 0) is 44.5 Å². The minimum absolute atomic E-state index is 0.112. The zero-order valence-corrected chi connectivity index (χ0v) is 22.8. The number of nitrogens with zero attached hydrogens (tertiary/aromatic N) is 3. The highest BCUT2D eigenvalue weighted by atomic mass is 16.4. The van der Waals surface area contributed by atoms with Gasteiger partial charge in [-0.2, -0.15) is 0 Å². The van der Waals surface area contributed by atoms with E-state index < -0.39 is 17.9 Å². The van der Waals surface area contributed by atoms with Crippen LogP contribution in [-0.2, 0) is 11.2 Å². The predicted octanol–water partition coefficient (Wildman–Crippen LogP) is 5.25. The van der Waals surface area contributed by atoms with E-state index in [2.05, 4.69) is 10.6 Å². The van der Waals surface area contributed by atoms with Crippen LogP contribution in [0, 0.1) is 0 Å². The molecule has 3 heterocycles. The van der Waals surface area contributed by atoms with Crippen molar-refractivity contribution in [2.24, 2.45) is 0 Å². The van der Waals surface area contributed by atoms with Crippen molar-refractivity contribution in [3.05, 3.63) is 90.3 Å². The standard InChI is InChI=1S/C31H31N5O4/c1-19(37)36-18-23(22-12-8-9-13-25(22)36)27-28(34-31(2,3)4)35-15-14-21(17-26(35)33-27)29(38)32-24(30(39)40)16-20-10-6-5-7-11-20/h5-15,17-18,24,34H,16H2,1-4H3,(H,32,38)(H,39,40). The average molecular weight is 538 g/mol. The van der Waals surface area contributed by atoms with E-state index in [-0.39, 0.29) is 23.4 Å². The second-order valence-electron chi connectivity index (χ2n) is 10.8. The fraction of sp³-hybridized carbons (Fsp3) is 0.226. The van der Waals surface area contributed by atoms with Crippen LogP contribution in [0.2, 0.25) is 0 Å². The summed E-state index contributed by atoms with van der Waals surface area (Å²) in [4.78, 5) is 42.4. The number of carboxylic acids is 1. The van der Waals surface area contributed by atoms with Crippen molar-refractivity contribution in [1.29, 1.82) is 0 Å². The molecule has 0 aliphatic heterocycles. The highest BCUT2D eigenvalue weighted by Gasteiger charge is 2.25. The van der Waals surface area contributed by atoms with Crippen LogP contribution in [0.15, 0.2) is 79.1 Å². The lowest BCUT2D eigenvalue weighted by molar-refractivity contribution is -0.139. The zero-order valence-electron chi connectivity index (χ0n) is 22.8. The van der Waals surface area contributed by atoms with E-state index in [4.69, 9.17) is 4.98 Å². The Labute approximate surface area is 231 Å². The van der Waals surface area contributed by atoms with Gasteiger partial charge in [0.1, 0.15) is 23.2 Å². The van der Waals surface area contributed by atoms with Gasteiger partial charge in [0.15, 0.2) is 0 Å². The number of carbonyl (C=O) groups is 3. The zero-order chi connectivity index (χ0) is 28.6. The number of hydrogen-bond donors (Lipinski definition) is 3. The highest BCUT2D eigenvalue weighted by Crippen LogP contribution is 2.36. The molecule has 2 aromatic carbocycles. The number of nitrogens with one attached hydrogen (secondary N) is 2. The molecular formula is C31H31N5O4. The van der Waals surface area contributed by atoms with Crippen LogP contribution >= 0.6 is 0 Å². The van der Waals surface area contributed by atoms with Gasteiger partial charge in [0, 0.05) is 47.8 Å². The second-order valence-corrected chi connectivity index (χ2v) is 10.8. The van der Waals surface area contributed by atoms with E-state index in [1.54, 1.807) is 29.1 Å². The summed E-state index contributed by atoms with van der Waals surface area (Å²) in [5.74, 6) is -1.01. The summed E-state index contributed by atoms with van der Waals surface area (Å²) >= 11 is 0. The summed E-state index contributed by atoms with van der Waals surface area (Å²) in [6, 6.07) is 19.0. The van der Waals surface area contributed by atoms with E-state index in [9.17, 15) is 19.5 Å². The van der Waals surface area contributed by atoms with Crippen LogP contribution in [0.25, 0.3) is 27.8 Å². The number of benzene rings is 2. The first kappa shape index (κ1) is 26.7. The van der Waals surface area contributed by atoms with Gasteiger partial charge < -0.3 is 15.7 Å². The van der Waals surface area contributed by atoms with E-state index in [0.29, 0.717) is 17.2 Å². The molecule has 1 atom stereocenters. The van der Waals surface area contributed by atoms with Crippen LogP contribution < -0.4 is 10.6 Å². The lowest BCUT2D eigenvalue weighted by Crippen LogP contribution is -2.42. The number of pyridine rings is 1. The third kappa shape index (κ3) is 5.31. The Morgan fingerprint density at radius 2 is 1.70 bits per heavy atom. The third-order valence-corrected chi connectivity index (χ3v) is 6.57. The van der Waals surface area contributed by atoms with Gasteiger partial charge in [0.05, 0.1) is 5.52 Å². The summed E-state index contributed by atoms with van der Waals surface area (Å²) in [5, 5.41) is 16.8. The number of imidazole rings is 1. The maximum absolute atomic E-state index is 13.2. The second kappa shape index (κ2) is 10.3. The van der Waals surface area contributed by atoms with Crippen molar-refractivity contribution in [2.75, 3.05) is 5.32 Å². The number of rotatable bonds is 7. The van der Waals surface area contributed by atoms with Gasteiger partial charge >= 0.3 is 5.97 Å². The Bertz CT molecular complexity index is 1740. The first-order valence-corrected chi connectivity index (χ1v) is 13.0. The van der Waals surface area contributed by atoms with Crippen molar-refractivity contribution in [3.8, 4) is 11.3 Å². The molecule has 40 heavy (non-hydrogen) atoms. The van der Waals surface area contributed by atoms with Gasteiger partial charge in [-0.25, -0.2) is 9.78 Å². The SMILES string of the molecule is CC(=O)n1cc(-c2nc3cc(C(=O)NC(Cc4ccccc4)C(=O)O)ccn3c2NC(C)(C)C)c2ccccc21. The predicted molar refractivity (Wildman–Crippen MR) is 155 cm³/mol. The third-order valence-electron chi connectivity index (χ3n) is 6.57. The molecule has 0 aliphatic carbocycles. The van der Waals surface area contributed by atoms with Crippen molar-refractivity contribution in [3.63, 3.8) is 0 Å². The maximum atomic E-state index is 13.2. The van der Waals surface area contributed by atoms with Crippen LogP contribution in [0.1, 0.15) is 48.4 Å². The maximum Gasteiger partial charge on any atom is 0.326 e. The topological polar surface area (TPSA) is 118 Å². The van der Waals surface area contributed by atoms with Gasteiger partial charge in [0.25, 0.3) is 5.91 Å².